The number of fused-ring (bicyclic) bond motifs is 4. The van der Waals surface area contributed by atoms with Crippen LogP contribution < -0.4 is 0 Å². The van der Waals surface area contributed by atoms with Crippen molar-refractivity contribution >= 4 is 6.29 Å². The summed E-state index contributed by atoms with van der Waals surface area (Å²) < 4.78 is 13.1. The Labute approximate surface area is 163 Å². The third-order valence-corrected chi connectivity index (χ3v) is 11.3. The van der Waals surface area contributed by atoms with Crippen LogP contribution >= 0.6 is 0 Å². The van der Waals surface area contributed by atoms with E-state index >= 15 is 0 Å². The SMILES string of the molecule is C[C@@H](C=O)[C@H]1CC[C@H]2[C@@H]3CC4(OCCO4)[C@]45C[C@H]4CC[C@]5(C)[C@H]3CC[C@]12C. The molecule has 9 atom stereocenters. The Morgan fingerprint density at radius 2 is 1.74 bits per heavy atom. The summed E-state index contributed by atoms with van der Waals surface area (Å²) in [5, 5.41) is 0. The number of hydrogen-bond donors (Lipinski definition) is 0. The molecule has 0 unspecified atom stereocenters. The number of hydrogen-bond acceptors (Lipinski definition) is 3. The van der Waals surface area contributed by atoms with Crippen molar-refractivity contribution in [2.45, 2.75) is 77.9 Å². The van der Waals surface area contributed by atoms with Crippen LogP contribution in [0.1, 0.15) is 72.1 Å². The molecule has 6 fully saturated rings. The van der Waals surface area contributed by atoms with Crippen molar-refractivity contribution in [3.63, 3.8) is 0 Å². The molecule has 6 rings (SSSR count). The maximum absolute atomic E-state index is 11.6. The standard InChI is InChI=1S/C24H36O3/c1-15(14-25)18-4-5-19-17-13-24(26-10-11-27-24)23-12-16(23)6-9-22(23,3)20(17)7-8-21(18,19)2/h14-20H,4-13H2,1-3H3/t15-,16+,17-,18+,19-,20-,21+,22+,23+/m0/s1. The van der Waals surface area contributed by atoms with Crippen molar-refractivity contribution in [1.82, 2.24) is 0 Å². The van der Waals surface area contributed by atoms with E-state index in [9.17, 15) is 4.79 Å². The molecular weight excluding hydrogens is 336 g/mol. The molecule has 1 aliphatic heterocycles. The van der Waals surface area contributed by atoms with Crippen molar-refractivity contribution in [2.24, 2.45) is 51.8 Å². The van der Waals surface area contributed by atoms with Crippen LogP contribution in [0, 0.1) is 51.8 Å². The summed E-state index contributed by atoms with van der Waals surface area (Å²) in [6.45, 7) is 8.87. The molecule has 3 heteroatoms. The Bertz CT molecular complexity index is 669. The predicted molar refractivity (Wildman–Crippen MR) is 103 cm³/mol. The van der Waals surface area contributed by atoms with Crippen molar-refractivity contribution < 1.29 is 14.3 Å². The smallest absolute Gasteiger partial charge is 0.175 e. The monoisotopic (exact) mass is 372 g/mol. The zero-order valence-corrected chi connectivity index (χ0v) is 17.3. The van der Waals surface area contributed by atoms with Gasteiger partial charge in [-0.05, 0) is 85.4 Å². The van der Waals surface area contributed by atoms with Gasteiger partial charge >= 0.3 is 0 Å². The molecule has 27 heavy (non-hydrogen) atoms. The van der Waals surface area contributed by atoms with Crippen molar-refractivity contribution in [1.29, 1.82) is 0 Å². The molecule has 0 amide bonds. The van der Waals surface area contributed by atoms with E-state index in [0.717, 1.165) is 43.3 Å². The van der Waals surface area contributed by atoms with Gasteiger partial charge in [0.15, 0.2) is 5.79 Å². The van der Waals surface area contributed by atoms with Gasteiger partial charge in [-0.25, -0.2) is 0 Å². The highest BCUT2D eigenvalue weighted by atomic mass is 16.7. The molecule has 5 aliphatic carbocycles. The van der Waals surface area contributed by atoms with Crippen LogP contribution in [0.5, 0.6) is 0 Å². The third kappa shape index (κ3) is 1.77. The number of carbonyl (C=O) groups is 1. The van der Waals surface area contributed by atoms with Gasteiger partial charge in [0.05, 0.1) is 13.2 Å². The molecule has 1 saturated heterocycles. The fourth-order valence-corrected chi connectivity index (χ4v) is 10.2. The Morgan fingerprint density at radius 1 is 0.963 bits per heavy atom. The average Bonchev–Trinajstić information content (AvgIpc) is 2.93. The number of carbonyl (C=O) groups excluding carboxylic acids is 1. The molecule has 0 bridgehead atoms. The number of rotatable bonds is 2. The van der Waals surface area contributed by atoms with Gasteiger partial charge in [-0.3, -0.25) is 0 Å². The molecule has 6 aliphatic rings. The van der Waals surface area contributed by atoms with Gasteiger partial charge in [0, 0.05) is 17.8 Å². The first-order valence-corrected chi connectivity index (χ1v) is 11.7. The topological polar surface area (TPSA) is 35.5 Å². The molecule has 0 aromatic carbocycles. The number of aldehydes is 1. The van der Waals surface area contributed by atoms with E-state index in [2.05, 4.69) is 20.8 Å². The van der Waals surface area contributed by atoms with E-state index in [1.54, 1.807) is 0 Å². The van der Waals surface area contributed by atoms with Gasteiger partial charge < -0.3 is 14.3 Å². The quantitative estimate of drug-likeness (QED) is 0.651. The summed E-state index contributed by atoms with van der Waals surface area (Å²) in [4.78, 5) is 11.6. The van der Waals surface area contributed by atoms with Gasteiger partial charge in [0.1, 0.15) is 6.29 Å². The van der Waals surface area contributed by atoms with E-state index in [0.29, 0.717) is 22.2 Å². The summed E-state index contributed by atoms with van der Waals surface area (Å²) >= 11 is 0. The highest BCUT2D eigenvalue weighted by Gasteiger charge is 2.83. The highest BCUT2D eigenvalue weighted by molar-refractivity contribution is 5.53. The largest absolute Gasteiger partial charge is 0.347 e. The highest BCUT2D eigenvalue weighted by Crippen LogP contribution is 2.85. The van der Waals surface area contributed by atoms with E-state index in [1.807, 2.05) is 0 Å². The zero-order valence-electron chi connectivity index (χ0n) is 17.3. The average molecular weight is 373 g/mol. The lowest BCUT2D eigenvalue weighted by Gasteiger charge is -2.63. The summed E-state index contributed by atoms with van der Waals surface area (Å²) in [6.07, 6.45) is 11.7. The van der Waals surface area contributed by atoms with Crippen molar-refractivity contribution in [3.05, 3.63) is 0 Å². The lowest BCUT2D eigenvalue weighted by atomic mass is 9.44. The van der Waals surface area contributed by atoms with Crippen LogP contribution in [-0.4, -0.2) is 25.3 Å². The van der Waals surface area contributed by atoms with Crippen LogP contribution in [0.15, 0.2) is 0 Å². The summed E-state index contributed by atoms with van der Waals surface area (Å²) in [5.74, 6) is 3.66. The lowest BCUT2D eigenvalue weighted by Crippen LogP contribution is -2.62. The fourth-order valence-electron chi connectivity index (χ4n) is 10.2. The van der Waals surface area contributed by atoms with Gasteiger partial charge in [-0.1, -0.05) is 20.8 Å². The molecule has 150 valence electrons. The van der Waals surface area contributed by atoms with Crippen LogP contribution in [0.25, 0.3) is 0 Å². The second-order valence-corrected chi connectivity index (χ2v) is 11.6. The summed E-state index contributed by atoms with van der Waals surface area (Å²) in [5.41, 5.74) is 1.06. The van der Waals surface area contributed by atoms with Crippen LogP contribution in [-0.2, 0) is 14.3 Å². The van der Waals surface area contributed by atoms with Crippen LogP contribution in [0.2, 0.25) is 0 Å². The molecule has 0 radical (unpaired) electrons. The molecule has 0 aromatic heterocycles. The Kier molecular flexibility index (Phi) is 3.36. The Hall–Kier alpha value is -0.410. The number of ether oxygens (including phenoxy) is 2. The van der Waals surface area contributed by atoms with Crippen molar-refractivity contribution in [2.75, 3.05) is 13.2 Å². The maximum atomic E-state index is 11.6. The van der Waals surface area contributed by atoms with E-state index in [4.69, 9.17) is 9.47 Å². The lowest BCUT2D eigenvalue weighted by molar-refractivity contribution is -0.294. The molecule has 0 aromatic rings. The van der Waals surface area contributed by atoms with E-state index in [-0.39, 0.29) is 11.7 Å². The molecule has 0 N–H and O–H groups in total. The van der Waals surface area contributed by atoms with E-state index < -0.39 is 0 Å². The summed E-state index contributed by atoms with van der Waals surface area (Å²) in [6, 6.07) is 0. The molecular formula is C24H36O3. The first-order chi connectivity index (χ1) is 12.9. The third-order valence-electron chi connectivity index (χ3n) is 11.3. The minimum absolute atomic E-state index is 0.203. The van der Waals surface area contributed by atoms with Gasteiger partial charge in [-0.15, -0.1) is 0 Å². The summed E-state index contributed by atoms with van der Waals surface area (Å²) in [7, 11) is 0. The first-order valence-electron chi connectivity index (χ1n) is 11.7. The molecule has 5 saturated carbocycles. The molecule has 2 spiro atoms. The maximum Gasteiger partial charge on any atom is 0.175 e. The zero-order chi connectivity index (χ0) is 18.7. The fraction of sp³-hybridized carbons (Fsp3) is 0.958. The van der Waals surface area contributed by atoms with E-state index in [1.165, 1.54) is 51.2 Å². The predicted octanol–water partition coefficient (Wildman–Crippen LogP) is 4.83. The van der Waals surface area contributed by atoms with Gasteiger partial charge in [0.2, 0.25) is 0 Å². The minimum atomic E-state index is -0.281. The van der Waals surface area contributed by atoms with Crippen molar-refractivity contribution in [3.8, 4) is 0 Å². The molecule has 1 heterocycles. The second kappa shape index (κ2) is 5.19. The second-order valence-electron chi connectivity index (χ2n) is 11.6. The Morgan fingerprint density at radius 3 is 2.44 bits per heavy atom. The van der Waals surface area contributed by atoms with Crippen LogP contribution in [0.4, 0.5) is 0 Å². The minimum Gasteiger partial charge on any atom is -0.347 e. The Balaban J connectivity index is 1.41. The van der Waals surface area contributed by atoms with Gasteiger partial charge in [-0.2, -0.15) is 0 Å². The normalized spacial score (nSPS) is 58.3. The van der Waals surface area contributed by atoms with Crippen LogP contribution in [0.3, 0.4) is 0 Å². The van der Waals surface area contributed by atoms with Gasteiger partial charge in [0.25, 0.3) is 0 Å². The first kappa shape index (κ1) is 17.4. The molecule has 3 nitrogen and oxygen atoms in total.